The van der Waals surface area contributed by atoms with Crippen molar-refractivity contribution in [1.82, 2.24) is 0 Å². The van der Waals surface area contributed by atoms with Crippen molar-refractivity contribution in [2.24, 2.45) is 5.41 Å². The summed E-state index contributed by atoms with van der Waals surface area (Å²) in [4.78, 5) is 0. The first-order chi connectivity index (χ1) is 16.4. The molecule has 1 aromatic heterocycles. The number of aryl methyl sites for hydroxylation is 1. The molecule has 5 rings (SSSR count). The summed E-state index contributed by atoms with van der Waals surface area (Å²) in [5.74, 6) is 0. The fourth-order valence-electron chi connectivity index (χ4n) is 4.86. The summed E-state index contributed by atoms with van der Waals surface area (Å²) in [5, 5.41) is 8.47. The van der Waals surface area contributed by atoms with E-state index in [1.165, 1.54) is 50.2 Å². The Morgan fingerprint density at radius 2 is 1.35 bits per heavy atom. The fourth-order valence-corrected chi connectivity index (χ4v) is 4.86. The molecule has 0 aliphatic heterocycles. The Hall–Kier alpha value is -3.48. The molecule has 4 aromatic rings. The van der Waals surface area contributed by atoms with E-state index in [1.54, 1.807) is 0 Å². The van der Waals surface area contributed by atoms with E-state index in [2.05, 4.69) is 129 Å². The van der Waals surface area contributed by atoms with Crippen molar-refractivity contribution in [2.75, 3.05) is 0 Å². The SMILES string of the molecule is CC(C)(C)C[n+]1c(-c2ccccc2)cc(-c2ccccc2)c2c1-c1ccccc1CC2.N#C[S-]. The molecule has 34 heavy (non-hydrogen) atoms. The first kappa shape index (κ1) is 23.7. The normalized spacial score (nSPS) is 11.9. The van der Waals surface area contributed by atoms with Crippen LogP contribution in [0.25, 0.3) is 33.6 Å². The number of nitriles is 1. The van der Waals surface area contributed by atoms with E-state index in [9.17, 15) is 0 Å². The summed E-state index contributed by atoms with van der Waals surface area (Å²) < 4.78 is 2.59. The third-order valence-corrected chi connectivity index (χ3v) is 6.16. The Balaban J connectivity index is 0.000000868. The van der Waals surface area contributed by atoms with Crippen molar-refractivity contribution < 1.29 is 4.57 Å². The molecule has 0 atom stereocenters. The van der Waals surface area contributed by atoms with Crippen molar-refractivity contribution in [3.8, 4) is 39.0 Å². The van der Waals surface area contributed by atoms with Crippen molar-refractivity contribution in [3.05, 3.63) is 102 Å². The monoisotopic (exact) mass is 462 g/mol. The maximum absolute atomic E-state index is 7.13. The lowest BCUT2D eigenvalue weighted by Crippen LogP contribution is -2.46. The first-order valence-electron chi connectivity index (χ1n) is 11.7. The smallest absolute Gasteiger partial charge is 0.217 e. The molecule has 3 aromatic carbocycles. The number of benzene rings is 3. The Morgan fingerprint density at radius 1 is 0.794 bits per heavy atom. The maximum atomic E-state index is 7.13. The number of fused-ring (bicyclic) bond motifs is 3. The van der Waals surface area contributed by atoms with Crippen LogP contribution in [-0.2, 0) is 32.0 Å². The third kappa shape index (κ3) is 5.03. The number of nitrogens with zero attached hydrogens (tertiary/aromatic N) is 2. The van der Waals surface area contributed by atoms with Crippen LogP contribution in [0, 0.1) is 16.1 Å². The van der Waals surface area contributed by atoms with Crippen LogP contribution in [0.2, 0.25) is 0 Å². The Morgan fingerprint density at radius 3 is 1.97 bits per heavy atom. The van der Waals surface area contributed by atoms with Gasteiger partial charge in [0.15, 0.2) is 6.54 Å². The summed E-state index contributed by atoms with van der Waals surface area (Å²) in [7, 11) is 0. The standard InChI is InChI=1S/C30H30N.CHNS/c1-30(2,3)21-31-28(24-15-8-5-9-16-24)20-27(22-12-6-4-7-13-22)26-19-18-23-14-10-11-17-25(23)29(26)31;2-1-3/h4-17,20H,18-19,21H2,1-3H3;3H/q+1;/p-1. The van der Waals surface area contributed by atoms with E-state index < -0.39 is 0 Å². The zero-order valence-corrected chi connectivity index (χ0v) is 20.9. The molecule has 0 N–H and O–H groups in total. The highest BCUT2D eigenvalue weighted by atomic mass is 32.1. The topological polar surface area (TPSA) is 27.7 Å². The van der Waals surface area contributed by atoms with Gasteiger partial charge in [0, 0.05) is 28.2 Å². The summed E-state index contributed by atoms with van der Waals surface area (Å²) in [6, 6.07) is 33.2. The number of aromatic nitrogens is 1. The number of thiocyanates is 1. The van der Waals surface area contributed by atoms with Gasteiger partial charge in [-0.2, -0.15) is 4.57 Å². The van der Waals surface area contributed by atoms with Gasteiger partial charge in [0.2, 0.25) is 11.4 Å². The van der Waals surface area contributed by atoms with Gasteiger partial charge in [0.25, 0.3) is 0 Å². The molecule has 0 radical (unpaired) electrons. The highest BCUT2D eigenvalue weighted by Gasteiger charge is 2.33. The van der Waals surface area contributed by atoms with E-state index in [4.69, 9.17) is 5.26 Å². The Kier molecular flexibility index (Phi) is 7.10. The summed E-state index contributed by atoms with van der Waals surface area (Å²) >= 11 is 3.70. The zero-order valence-electron chi connectivity index (χ0n) is 20.1. The van der Waals surface area contributed by atoms with Crippen molar-refractivity contribution in [3.63, 3.8) is 0 Å². The minimum absolute atomic E-state index is 0.169. The Labute approximate surface area is 208 Å². The van der Waals surface area contributed by atoms with E-state index in [0.717, 1.165) is 19.4 Å². The quantitative estimate of drug-likeness (QED) is 0.184. The minimum atomic E-state index is 0.169. The summed E-state index contributed by atoms with van der Waals surface area (Å²) in [6.45, 7) is 7.98. The second-order valence-electron chi connectivity index (χ2n) is 9.90. The molecule has 0 amide bonds. The molecular formula is C31H30N2S. The van der Waals surface area contributed by atoms with E-state index in [0.29, 0.717) is 0 Å². The van der Waals surface area contributed by atoms with Crippen LogP contribution in [0.1, 0.15) is 31.9 Å². The maximum Gasteiger partial charge on any atom is 0.217 e. The molecule has 3 heteroatoms. The molecule has 0 bridgehead atoms. The molecule has 0 spiro atoms. The molecule has 0 saturated heterocycles. The predicted molar refractivity (Wildman–Crippen MR) is 143 cm³/mol. The summed E-state index contributed by atoms with van der Waals surface area (Å²) in [6.07, 6.45) is 2.18. The van der Waals surface area contributed by atoms with Gasteiger partial charge < -0.3 is 12.6 Å². The van der Waals surface area contributed by atoms with Crippen LogP contribution in [0.3, 0.4) is 0 Å². The lowest BCUT2D eigenvalue weighted by Gasteiger charge is -2.25. The van der Waals surface area contributed by atoms with Crippen LogP contribution in [-0.4, -0.2) is 0 Å². The van der Waals surface area contributed by atoms with Gasteiger partial charge in [-0.3, -0.25) is 0 Å². The largest absolute Gasteiger partial charge is 0.696 e. The molecule has 0 fully saturated rings. The zero-order chi connectivity index (χ0) is 24.1. The fraction of sp³-hybridized carbons (Fsp3) is 0.226. The van der Waals surface area contributed by atoms with Gasteiger partial charge in [-0.1, -0.05) is 92.9 Å². The van der Waals surface area contributed by atoms with Gasteiger partial charge in [-0.25, -0.2) is 5.26 Å². The second kappa shape index (κ2) is 10.2. The van der Waals surface area contributed by atoms with Gasteiger partial charge in [0.1, 0.15) is 0 Å². The van der Waals surface area contributed by atoms with Crippen molar-refractivity contribution in [2.45, 2.75) is 40.2 Å². The van der Waals surface area contributed by atoms with Crippen LogP contribution in [0.5, 0.6) is 0 Å². The molecule has 0 unspecified atom stereocenters. The average Bonchev–Trinajstić information content (AvgIpc) is 2.84. The first-order valence-corrected chi connectivity index (χ1v) is 12.1. The van der Waals surface area contributed by atoms with Crippen LogP contribution >= 0.6 is 0 Å². The van der Waals surface area contributed by atoms with E-state index in [-0.39, 0.29) is 5.41 Å². The number of pyridine rings is 1. The van der Waals surface area contributed by atoms with Crippen LogP contribution in [0.15, 0.2) is 91.0 Å². The number of rotatable bonds is 3. The van der Waals surface area contributed by atoms with Crippen molar-refractivity contribution in [1.29, 1.82) is 5.26 Å². The summed E-state index contributed by atoms with van der Waals surface area (Å²) in [5.41, 5.74) is 11.1. The highest BCUT2D eigenvalue weighted by Crippen LogP contribution is 2.39. The Bertz CT molecular complexity index is 1310. The number of hydrogen-bond acceptors (Lipinski definition) is 2. The number of hydrogen-bond donors (Lipinski definition) is 0. The molecular weight excluding hydrogens is 432 g/mol. The van der Waals surface area contributed by atoms with Crippen LogP contribution in [0.4, 0.5) is 0 Å². The predicted octanol–water partition coefficient (Wildman–Crippen LogP) is 7.13. The molecule has 170 valence electrons. The molecule has 2 nitrogen and oxygen atoms in total. The average molecular weight is 463 g/mol. The third-order valence-electron chi connectivity index (χ3n) is 6.16. The second-order valence-corrected chi connectivity index (χ2v) is 10.1. The molecule has 0 saturated carbocycles. The minimum Gasteiger partial charge on any atom is -0.696 e. The van der Waals surface area contributed by atoms with Gasteiger partial charge in [-0.15, -0.1) is 0 Å². The highest BCUT2D eigenvalue weighted by molar-refractivity contribution is 7.64. The van der Waals surface area contributed by atoms with Gasteiger partial charge in [-0.05, 0) is 47.7 Å². The molecule has 1 aliphatic carbocycles. The van der Waals surface area contributed by atoms with E-state index in [1.807, 2.05) is 0 Å². The lowest BCUT2D eigenvalue weighted by molar-refractivity contribution is -0.687. The van der Waals surface area contributed by atoms with Crippen LogP contribution < -0.4 is 4.57 Å². The van der Waals surface area contributed by atoms with E-state index >= 15 is 0 Å². The molecule has 1 heterocycles. The van der Waals surface area contributed by atoms with Gasteiger partial charge in [0.05, 0.1) is 0 Å². The van der Waals surface area contributed by atoms with Crippen molar-refractivity contribution >= 4 is 12.6 Å². The molecule has 1 aliphatic rings. The lowest BCUT2D eigenvalue weighted by atomic mass is 9.83. The van der Waals surface area contributed by atoms with Gasteiger partial charge >= 0.3 is 0 Å².